The molecule has 10 heteroatoms. The van der Waals surface area contributed by atoms with Gasteiger partial charge in [0.25, 0.3) is 5.69 Å². The molecule has 0 spiro atoms. The summed E-state index contributed by atoms with van der Waals surface area (Å²) in [6.07, 6.45) is 1.32. The maximum atomic E-state index is 13.2. The van der Waals surface area contributed by atoms with Crippen molar-refractivity contribution in [3.63, 3.8) is 0 Å². The molecule has 29 heavy (non-hydrogen) atoms. The van der Waals surface area contributed by atoms with E-state index in [0.29, 0.717) is 28.6 Å². The van der Waals surface area contributed by atoms with E-state index in [2.05, 4.69) is 10.3 Å². The number of aromatic amines is 1. The van der Waals surface area contributed by atoms with Crippen LogP contribution in [0.4, 0.5) is 17.2 Å². The lowest BCUT2D eigenvalue weighted by Crippen LogP contribution is -2.21. The maximum absolute atomic E-state index is 13.2. The van der Waals surface area contributed by atoms with Gasteiger partial charge in [0.1, 0.15) is 16.8 Å². The highest BCUT2D eigenvalue weighted by molar-refractivity contribution is 6.36. The van der Waals surface area contributed by atoms with Crippen molar-refractivity contribution in [1.29, 1.82) is 0 Å². The Labute approximate surface area is 178 Å². The van der Waals surface area contributed by atoms with Gasteiger partial charge in [-0.25, -0.2) is 0 Å². The average molecular weight is 453 g/mol. The molecular weight excluding hydrogens is 441 g/mol. The van der Waals surface area contributed by atoms with Crippen molar-refractivity contribution in [1.82, 2.24) is 4.98 Å². The first-order valence-corrected chi connectivity index (χ1v) is 9.70. The van der Waals surface area contributed by atoms with Crippen LogP contribution in [0.5, 0.6) is 0 Å². The molecule has 7 nitrogen and oxygen atoms in total. The van der Waals surface area contributed by atoms with Gasteiger partial charge in [-0.05, 0) is 37.1 Å². The summed E-state index contributed by atoms with van der Waals surface area (Å²) >= 11 is 18.4. The largest absolute Gasteiger partial charge is 0.340 e. The molecule has 0 atom stereocenters. The number of rotatable bonds is 5. The third kappa shape index (κ3) is 3.57. The number of nitro benzene ring substituents is 1. The van der Waals surface area contributed by atoms with Crippen LogP contribution in [0, 0.1) is 16.0 Å². The van der Waals surface area contributed by atoms with E-state index in [1.54, 1.807) is 12.1 Å². The number of ketones is 1. The van der Waals surface area contributed by atoms with Crippen LogP contribution in [-0.4, -0.2) is 15.7 Å². The topological polar surface area (TPSA) is 105 Å². The Bertz CT molecular complexity index is 1250. The molecule has 2 N–H and O–H groups in total. The number of nitro groups is 1. The Morgan fingerprint density at radius 2 is 1.83 bits per heavy atom. The van der Waals surface area contributed by atoms with E-state index in [-0.39, 0.29) is 39.0 Å². The fraction of sp³-hybridized carbons (Fsp3) is 0.158. The van der Waals surface area contributed by atoms with Crippen LogP contribution in [0.1, 0.15) is 23.2 Å². The number of hydrogen-bond donors (Lipinski definition) is 2. The van der Waals surface area contributed by atoms with Gasteiger partial charge in [0.05, 0.1) is 26.2 Å². The fourth-order valence-electron chi connectivity index (χ4n) is 3.10. The van der Waals surface area contributed by atoms with Gasteiger partial charge >= 0.3 is 0 Å². The lowest BCUT2D eigenvalue weighted by atomic mass is 10.0. The van der Waals surface area contributed by atoms with E-state index in [1.807, 2.05) is 0 Å². The second-order valence-corrected chi connectivity index (χ2v) is 7.92. The number of fused-ring (bicyclic) bond motifs is 1. The molecule has 3 aromatic rings. The number of carbonyl (C=O) groups excluding carboxylic acids is 1. The van der Waals surface area contributed by atoms with E-state index in [1.165, 1.54) is 12.1 Å². The molecule has 1 saturated carbocycles. The van der Waals surface area contributed by atoms with Crippen molar-refractivity contribution in [2.75, 3.05) is 5.32 Å². The van der Waals surface area contributed by atoms with Gasteiger partial charge in [-0.15, -0.1) is 0 Å². The van der Waals surface area contributed by atoms with E-state index in [0.717, 1.165) is 6.07 Å². The maximum Gasteiger partial charge on any atom is 0.282 e. The number of hydrogen-bond acceptors (Lipinski definition) is 5. The quantitative estimate of drug-likeness (QED) is 0.292. The highest BCUT2D eigenvalue weighted by Gasteiger charge is 2.35. The van der Waals surface area contributed by atoms with Crippen molar-refractivity contribution < 1.29 is 9.72 Å². The number of halogens is 3. The average Bonchev–Trinajstić information content (AvgIpc) is 3.50. The summed E-state index contributed by atoms with van der Waals surface area (Å²) in [5.74, 6) is -0.615. The summed E-state index contributed by atoms with van der Waals surface area (Å²) in [6.45, 7) is 0. The summed E-state index contributed by atoms with van der Waals surface area (Å²) in [5, 5.41) is 14.9. The number of nitrogens with zero attached hydrogens (tertiary/aromatic N) is 1. The van der Waals surface area contributed by atoms with Crippen LogP contribution in [-0.2, 0) is 0 Å². The number of non-ortho nitro benzene ring substituents is 1. The number of aromatic nitrogens is 1. The SMILES string of the molecule is O=C(c1c(Nc2cc(Cl)ccc2Cl)[nH]c2c(Cl)ccc([N+](=O)[O-])c2c1=O)C1CC1. The molecule has 2 aromatic carbocycles. The number of benzene rings is 2. The number of pyridine rings is 1. The minimum atomic E-state index is -0.759. The second kappa shape index (κ2) is 7.33. The Kier molecular flexibility index (Phi) is 4.98. The van der Waals surface area contributed by atoms with Crippen LogP contribution in [0.2, 0.25) is 15.1 Å². The number of anilines is 2. The first-order chi connectivity index (χ1) is 13.8. The zero-order chi connectivity index (χ0) is 20.9. The number of Topliss-reactive ketones (excluding diaryl/α,β-unsaturated/α-hetero) is 1. The highest BCUT2D eigenvalue weighted by Crippen LogP contribution is 2.37. The summed E-state index contributed by atoms with van der Waals surface area (Å²) in [7, 11) is 0. The minimum Gasteiger partial charge on any atom is -0.340 e. The number of nitrogens with one attached hydrogen (secondary N) is 2. The Hall–Kier alpha value is -2.61. The molecular formula is C19H12Cl3N3O4. The van der Waals surface area contributed by atoms with Gasteiger partial charge in [0, 0.05) is 17.0 Å². The Morgan fingerprint density at radius 1 is 1.14 bits per heavy atom. The van der Waals surface area contributed by atoms with Crippen LogP contribution in [0.25, 0.3) is 10.9 Å². The van der Waals surface area contributed by atoms with Crippen molar-refractivity contribution in [2.45, 2.75) is 12.8 Å². The van der Waals surface area contributed by atoms with Gasteiger partial charge in [-0.2, -0.15) is 0 Å². The highest BCUT2D eigenvalue weighted by atomic mass is 35.5. The first kappa shape index (κ1) is 19.7. The van der Waals surface area contributed by atoms with Crippen molar-refractivity contribution in [3.05, 3.63) is 71.3 Å². The monoisotopic (exact) mass is 451 g/mol. The van der Waals surface area contributed by atoms with E-state index in [4.69, 9.17) is 34.8 Å². The third-order valence-electron chi connectivity index (χ3n) is 4.67. The molecule has 1 heterocycles. The standard InChI is InChI=1S/C19H12Cl3N3O4/c20-9-3-4-10(21)12(7-9)23-19-15(17(26)8-1-2-8)18(27)14-13(25(28)29)6-5-11(22)16(14)24-19/h3-8H,1-2H2,(H2,23,24,27). The lowest BCUT2D eigenvalue weighted by molar-refractivity contribution is -0.383. The normalized spacial score (nSPS) is 13.5. The zero-order valence-corrected chi connectivity index (χ0v) is 16.9. The molecule has 1 aliphatic carbocycles. The molecule has 1 aliphatic rings. The molecule has 0 aliphatic heterocycles. The molecule has 0 amide bonds. The lowest BCUT2D eigenvalue weighted by Gasteiger charge is -2.14. The first-order valence-electron chi connectivity index (χ1n) is 8.57. The van der Waals surface area contributed by atoms with Crippen LogP contribution in [0.3, 0.4) is 0 Å². The summed E-state index contributed by atoms with van der Waals surface area (Å²) in [4.78, 5) is 39.8. The summed E-state index contributed by atoms with van der Waals surface area (Å²) in [5.41, 5.74) is -0.964. The van der Waals surface area contributed by atoms with Crippen molar-refractivity contribution in [2.24, 2.45) is 5.92 Å². The molecule has 1 fully saturated rings. The minimum absolute atomic E-state index is 0.0545. The molecule has 0 bridgehead atoms. The molecule has 0 unspecified atom stereocenters. The van der Waals surface area contributed by atoms with Gasteiger partial charge < -0.3 is 10.3 Å². The predicted octanol–water partition coefficient (Wildman–Crippen LogP) is 5.73. The van der Waals surface area contributed by atoms with Crippen LogP contribution < -0.4 is 10.7 Å². The Morgan fingerprint density at radius 3 is 2.48 bits per heavy atom. The third-order valence-corrected chi connectivity index (χ3v) is 5.55. The van der Waals surface area contributed by atoms with Crippen molar-refractivity contribution in [3.8, 4) is 0 Å². The fourth-order valence-corrected chi connectivity index (χ4v) is 3.64. The zero-order valence-electron chi connectivity index (χ0n) is 14.6. The molecule has 148 valence electrons. The van der Waals surface area contributed by atoms with Crippen molar-refractivity contribution >= 4 is 68.7 Å². The Balaban J connectivity index is 2.02. The van der Waals surface area contributed by atoms with Crippen LogP contribution in [0.15, 0.2) is 35.1 Å². The summed E-state index contributed by atoms with van der Waals surface area (Å²) < 4.78 is 0. The van der Waals surface area contributed by atoms with Gasteiger partial charge in [-0.1, -0.05) is 34.8 Å². The van der Waals surface area contributed by atoms with E-state index in [9.17, 15) is 19.7 Å². The van der Waals surface area contributed by atoms with Crippen LogP contribution >= 0.6 is 34.8 Å². The predicted molar refractivity (Wildman–Crippen MR) is 113 cm³/mol. The molecule has 4 rings (SSSR count). The molecule has 0 radical (unpaired) electrons. The second-order valence-electron chi connectivity index (χ2n) is 6.67. The van der Waals surface area contributed by atoms with E-state index >= 15 is 0 Å². The van der Waals surface area contributed by atoms with Gasteiger partial charge in [0.15, 0.2) is 5.78 Å². The number of carbonyl (C=O) groups is 1. The van der Waals surface area contributed by atoms with Gasteiger partial charge in [-0.3, -0.25) is 19.7 Å². The smallest absolute Gasteiger partial charge is 0.282 e. The van der Waals surface area contributed by atoms with E-state index < -0.39 is 16.0 Å². The molecule has 0 saturated heterocycles. The number of H-pyrrole nitrogens is 1. The van der Waals surface area contributed by atoms with Gasteiger partial charge in [0.2, 0.25) is 5.43 Å². The molecule has 1 aromatic heterocycles. The summed E-state index contributed by atoms with van der Waals surface area (Å²) in [6, 6.07) is 7.15.